The number of rotatable bonds is 11. The Bertz CT molecular complexity index is 1430. The Morgan fingerprint density at radius 2 is 1.64 bits per heavy atom. The number of carboxylic acids is 1. The van der Waals surface area contributed by atoms with Crippen LogP contribution < -0.4 is 9.47 Å². The maximum absolute atomic E-state index is 12.4. The number of hydrogen-bond donors (Lipinski definition) is 1. The lowest BCUT2D eigenvalue weighted by molar-refractivity contribution is -0.137. The molecular weight excluding hydrogens is 754 g/mol. The fraction of sp³-hybridized carbons (Fsp3) is 0.314. The Morgan fingerprint density at radius 3 is 2.26 bits per heavy atom. The fourth-order valence-corrected chi connectivity index (χ4v) is 6.93. The average Bonchev–Trinajstić information content (AvgIpc) is 2.89. The molecule has 0 fully saturated rings. The maximum atomic E-state index is 12.4. The lowest BCUT2D eigenvalue weighted by Gasteiger charge is -2.32. The van der Waals surface area contributed by atoms with Gasteiger partial charge in [0.05, 0.1) is 7.14 Å². The van der Waals surface area contributed by atoms with Crippen LogP contribution in [0.1, 0.15) is 65.9 Å². The van der Waals surface area contributed by atoms with Gasteiger partial charge in [0, 0.05) is 12.5 Å². The molecular formula is C35H38I2O5. The molecule has 42 heavy (non-hydrogen) atoms. The molecule has 0 aromatic heterocycles. The smallest absolute Gasteiger partial charge is 0.336 e. The molecule has 0 aliphatic heterocycles. The molecule has 5 nitrogen and oxygen atoms in total. The van der Waals surface area contributed by atoms with Crippen LogP contribution in [0, 0.1) is 12.6 Å². The number of halogens is 2. The first-order chi connectivity index (χ1) is 19.8. The summed E-state index contributed by atoms with van der Waals surface area (Å²) in [5, 5.41) is 8.93. The van der Waals surface area contributed by atoms with E-state index in [2.05, 4.69) is 85.0 Å². The molecule has 0 spiro atoms. The highest BCUT2D eigenvalue weighted by Gasteiger charge is 2.26. The van der Waals surface area contributed by atoms with Crippen molar-refractivity contribution in [2.45, 2.75) is 66.7 Å². The van der Waals surface area contributed by atoms with Gasteiger partial charge >= 0.3 is 11.9 Å². The molecule has 222 valence electrons. The molecule has 2 aromatic carbocycles. The minimum atomic E-state index is -0.818. The van der Waals surface area contributed by atoms with E-state index in [4.69, 9.17) is 14.6 Å². The van der Waals surface area contributed by atoms with Gasteiger partial charge in [-0.15, -0.1) is 0 Å². The summed E-state index contributed by atoms with van der Waals surface area (Å²) in [4.78, 5) is 23.3. The van der Waals surface area contributed by atoms with Crippen molar-refractivity contribution in [1.29, 1.82) is 0 Å². The van der Waals surface area contributed by atoms with Crippen molar-refractivity contribution in [2.75, 3.05) is 0 Å². The summed E-state index contributed by atoms with van der Waals surface area (Å²) < 4.78 is 13.3. The molecule has 0 bridgehead atoms. The van der Waals surface area contributed by atoms with Gasteiger partial charge in [-0.05, 0) is 150 Å². The first-order valence-corrected chi connectivity index (χ1v) is 16.1. The largest absolute Gasteiger partial charge is 0.481 e. The molecule has 0 unspecified atom stereocenters. The monoisotopic (exact) mass is 792 g/mol. The third-order valence-corrected chi connectivity index (χ3v) is 8.67. The number of aryl methyl sites for hydroxylation is 1. The van der Waals surface area contributed by atoms with Crippen LogP contribution in [-0.4, -0.2) is 17.0 Å². The number of carboxylic acid groups (broad SMARTS) is 1. The van der Waals surface area contributed by atoms with Gasteiger partial charge in [-0.25, -0.2) is 4.79 Å². The fourth-order valence-electron chi connectivity index (χ4n) is 4.81. The number of hydrogen-bond acceptors (Lipinski definition) is 4. The van der Waals surface area contributed by atoms with E-state index in [-0.39, 0.29) is 11.8 Å². The molecule has 1 aliphatic carbocycles. The molecule has 0 atom stereocenters. The van der Waals surface area contributed by atoms with Gasteiger partial charge < -0.3 is 14.6 Å². The van der Waals surface area contributed by atoms with Crippen molar-refractivity contribution in [3.05, 3.63) is 108 Å². The molecule has 0 saturated heterocycles. The Labute approximate surface area is 276 Å². The maximum Gasteiger partial charge on any atom is 0.336 e. The van der Waals surface area contributed by atoms with Crippen molar-refractivity contribution < 1.29 is 24.2 Å². The number of ether oxygens (including phenoxy) is 2. The quantitative estimate of drug-likeness (QED) is 0.0807. The van der Waals surface area contributed by atoms with E-state index in [0.29, 0.717) is 23.7 Å². The number of carbonyl (C=O) groups excluding carboxylic acids is 1. The third-order valence-electron chi connectivity index (χ3n) is 7.07. The Kier molecular flexibility index (Phi) is 12.7. The van der Waals surface area contributed by atoms with Crippen LogP contribution in [-0.2, 0) is 16.0 Å². The van der Waals surface area contributed by atoms with Gasteiger partial charge in [0.25, 0.3) is 0 Å². The van der Waals surface area contributed by atoms with Crippen LogP contribution in [0.3, 0.4) is 0 Å². The van der Waals surface area contributed by atoms with Crippen LogP contribution in [0.2, 0.25) is 0 Å². The van der Waals surface area contributed by atoms with Crippen molar-refractivity contribution in [3.8, 4) is 17.2 Å². The lowest BCUT2D eigenvalue weighted by Crippen LogP contribution is -2.19. The van der Waals surface area contributed by atoms with E-state index in [1.807, 2.05) is 37.3 Å². The number of aliphatic carboxylic acids is 1. The predicted octanol–water partition coefficient (Wildman–Crippen LogP) is 10.1. The Balaban J connectivity index is 1.55. The van der Waals surface area contributed by atoms with E-state index in [1.54, 1.807) is 24.3 Å². The summed E-state index contributed by atoms with van der Waals surface area (Å²) in [6, 6.07) is 10.7. The van der Waals surface area contributed by atoms with Crippen LogP contribution in [0.25, 0.3) is 0 Å². The molecule has 2 aromatic rings. The van der Waals surface area contributed by atoms with Gasteiger partial charge in [-0.2, -0.15) is 0 Å². The highest BCUT2D eigenvalue weighted by molar-refractivity contribution is 14.1. The van der Waals surface area contributed by atoms with Gasteiger partial charge in [0.15, 0.2) is 5.75 Å². The summed E-state index contributed by atoms with van der Waals surface area (Å²) in [5.74, 6) is 0.462. The zero-order chi connectivity index (χ0) is 30.9. The summed E-state index contributed by atoms with van der Waals surface area (Å²) in [7, 11) is 0. The average molecular weight is 792 g/mol. The first-order valence-electron chi connectivity index (χ1n) is 13.9. The minimum Gasteiger partial charge on any atom is -0.481 e. The number of esters is 1. The van der Waals surface area contributed by atoms with Crippen LogP contribution in [0.5, 0.6) is 17.2 Å². The van der Waals surface area contributed by atoms with E-state index in [9.17, 15) is 9.59 Å². The van der Waals surface area contributed by atoms with Crippen molar-refractivity contribution >= 4 is 57.1 Å². The lowest BCUT2D eigenvalue weighted by atomic mass is 9.72. The molecule has 0 radical (unpaired) electrons. The number of benzene rings is 2. The van der Waals surface area contributed by atoms with Crippen molar-refractivity contribution in [2.24, 2.45) is 5.41 Å². The van der Waals surface area contributed by atoms with E-state index in [1.165, 1.54) is 36.5 Å². The van der Waals surface area contributed by atoms with Gasteiger partial charge in [-0.3, -0.25) is 4.79 Å². The molecule has 0 amide bonds. The standard InChI is InChI=1S/C35H38I2O5/c1-23(11-17-29-25(3)10-7-19-35(29,4)5)8-6-9-24(2)20-33(40)41-27-13-15-28(16-14-27)42-34-30(36)21-26(22-31(34)37)12-18-32(38)39/h6,8-9,11,13-17,20-22H,7,10,12,18-19H2,1-5H3,(H,38,39)/b9-6+,17-11+,23-8+,24-20+. The normalized spacial score (nSPS) is 15.9. The number of carbonyl (C=O) groups is 2. The van der Waals surface area contributed by atoms with Crippen LogP contribution in [0.15, 0.2) is 95.1 Å². The van der Waals surface area contributed by atoms with Crippen LogP contribution >= 0.6 is 45.2 Å². The SMILES string of the molecule is CC1=C(/C=C/C(C)=C/C=C/C(C)=C/C(=O)Oc2ccc(Oc3c(I)cc(CCC(=O)O)cc3I)cc2)C(C)(C)CCC1. The molecule has 0 heterocycles. The van der Waals surface area contributed by atoms with Crippen molar-refractivity contribution in [3.63, 3.8) is 0 Å². The minimum absolute atomic E-state index is 0.0864. The van der Waals surface area contributed by atoms with Crippen LogP contribution in [0.4, 0.5) is 0 Å². The summed E-state index contributed by atoms with van der Waals surface area (Å²) >= 11 is 4.38. The third kappa shape index (κ3) is 10.6. The summed E-state index contributed by atoms with van der Waals surface area (Å²) in [6.07, 6.45) is 16.0. The highest BCUT2D eigenvalue weighted by atomic mass is 127. The first kappa shape index (κ1) is 33.8. The molecule has 0 saturated carbocycles. The highest BCUT2D eigenvalue weighted by Crippen LogP contribution is 2.41. The summed E-state index contributed by atoms with van der Waals surface area (Å²) in [5.41, 5.74) is 6.03. The predicted molar refractivity (Wildman–Crippen MR) is 186 cm³/mol. The van der Waals surface area contributed by atoms with Gasteiger partial charge in [0.1, 0.15) is 11.5 Å². The topological polar surface area (TPSA) is 72.8 Å². The zero-order valence-corrected chi connectivity index (χ0v) is 29.1. The van der Waals surface area contributed by atoms with E-state index >= 15 is 0 Å². The second-order valence-corrected chi connectivity index (χ2v) is 13.5. The molecule has 7 heteroatoms. The Morgan fingerprint density at radius 1 is 1.00 bits per heavy atom. The van der Waals surface area contributed by atoms with E-state index < -0.39 is 11.9 Å². The molecule has 1 aliphatic rings. The molecule has 3 rings (SSSR count). The van der Waals surface area contributed by atoms with Gasteiger partial charge in [0.2, 0.25) is 0 Å². The molecule has 1 N–H and O–H groups in total. The second-order valence-electron chi connectivity index (χ2n) is 11.2. The van der Waals surface area contributed by atoms with E-state index in [0.717, 1.165) is 23.9 Å². The zero-order valence-electron chi connectivity index (χ0n) is 24.8. The van der Waals surface area contributed by atoms with Crippen molar-refractivity contribution in [1.82, 2.24) is 0 Å². The van der Waals surface area contributed by atoms with Gasteiger partial charge in [-0.1, -0.05) is 55.4 Å². The number of allylic oxidation sites excluding steroid dienone is 9. The Hall–Kier alpha value is -2.66. The summed E-state index contributed by atoms with van der Waals surface area (Å²) in [6.45, 7) is 10.8. The second kappa shape index (κ2) is 15.7.